The molecule has 0 fully saturated rings. The van der Waals surface area contributed by atoms with E-state index in [1.165, 1.54) is 0 Å². The Balaban J connectivity index is 0.000000676. The van der Waals surface area contributed by atoms with Crippen molar-refractivity contribution in [2.75, 3.05) is 11.9 Å². The number of hydrogen-bond acceptors (Lipinski definition) is 5. The van der Waals surface area contributed by atoms with Gasteiger partial charge < -0.3 is 25.8 Å². The first-order valence-electron chi connectivity index (χ1n) is 14.0. The third kappa shape index (κ3) is 8.95. The summed E-state index contributed by atoms with van der Waals surface area (Å²) in [6, 6.07) is 16.9. The Morgan fingerprint density at radius 1 is 1.02 bits per heavy atom. The Kier molecular flexibility index (Phi) is 10.3. The quantitative estimate of drug-likeness (QED) is 0.182. The number of rotatable bonds is 5. The molecule has 2 amide bonds. The second-order valence-electron chi connectivity index (χ2n) is 11.9. The van der Waals surface area contributed by atoms with E-state index in [2.05, 4.69) is 19.2 Å². The van der Waals surface area contributed by atoms with Crippen molar-refractivity contribution < 1.29 is 37.4 Å². The molecule has 12 heteroatoms. The van der Waals surface area contributed by atoms with Crippen LogP contribution in [0.15, 0.2) is 54.6 Å². The third-order valence-corrected chi connectivity index (χ3v) is 6.74. The summed E-state index contributed by atoms with van der Waals surface area (Å²) in [5.41, 5.74) is 9.21. The van der Waals surface area contributed by atoms with Crippen LogP contribution in [0.25, 0.3) is 10.8 Å². The average Bonchev–Trinajstić information content (AvgIpc) is 2.91. The predicted molar refractivity (Wildman–Crippen MR) is 162 cm³/mol. The standard InChI is InChI=1S/C30H36N4O3.C2HF3O2/c1-18(2)14-26-25-11-10-24(17-21(25)12-13-34(26)29(36)37-30(3,4)5)33-28(35)23-9-7-19-15-22(27(31)32)8-6-20(19)16-23;3-2(4,5)1(6)7/h6-11,15-18,26H,12-14H2,1-5H3,(H3,31,32)(H,33,35);(H,6,7). The fraction of sp³-hybridized carbons (Fsp3) is 0.375. The number of ether oxygens (including phenoxy) is 1. The number of benzene rings is 3. The van der Waals surface area contributed by atoms with Gasteiger partial charge in [0.05, 0.1) is 6.04 Å². The van der Waals surface area contributed by atoms with Gasteiger partial charge in [-0.25, -0.2) is 9.59 Å². The summed E-state index contributed by atoms with van der Waals surface area (Å²) in [5, 5.41) is 19.6. The molecule has 236 valence electrons. The van der Waals surface area contributed by atoms with E-state index < -0.39 is 17.7 Å². The van der Waals surface area contributed by atoms with Crippen LogP contribution in [0.4, 0.5) is 23.7 Å². The maximum atomic E-state index is 13.1. The lowest BCUT2D eigenvalue weighted by Gasteiger charge is -2.39. The summed E-state index contributed by atoms with van der Waals surface area (Å²) < 4.78 is 37.4. The molecule has 1 aliphatic rings. The molecule has 5 N–H and O–H groups in total. The number of carbonyl (C=O) groups excluding carboxylic acids is 2. The van der Waals surface area contributed by atoms with Crippen LogP contribution in [0.5, 0.6) is 0 Å². The van der Waals surface area contributed by atoms with Crippen LogP contribution in [0, 0.1) is 11.3 Å². The molecule has 0 saturated heterocycles. The van der Waals surface area contributed by atoms with Gasteiger partial charge in [-0.3, -0.25) is 10.2 Å². The molecule has 0 spiro atoms. The number of nitrogens with two attached hydrogens (primary N) is 1. The van der Waals surface area contributed by atoms with Gasteiger partial charge in [0.15, 0.2) is 0 Å². The van der Waals surface area contributed by atoms with E-state index in [4.69, 9.17) is 25.8 Å². The first-order valence-corrected chi connectivity index (χ1v) is 14.0. The van der Waals surface area contributed by atoms with Crippen LogP contribution >= 0.6 is 0 Å². The molecule has 1 heterocycles. The van der Waals surface area contributed by atoms with Crippen LogP contribution < -0.4 is 11.1 Å². The van der Waals surface area contributed by atoms with Crippen LogP contribution in [0.3, 0.4) is 0 Å². The number of anilines is 1. The topological polar surface area (TPSA) is 146 Å². The van der Waals surface area contributed by atoms with Crippen LogP contribution in [0.1, 0.15) is 74.1 Å². The van der Waals surface area contributed by atoms with E-state index in [9.17, 15) is 22.8 Å². The smallest absolute Gasteiger partial charge is 0.475 e. The molecule has 9 nitrogen and oxygen atoms in total. The molecule has 1 unspecified atom stereocenters. The number of nitrogen functional groups attached to an aromatic ring is 1. The number of hydrogen-bond donors (Lipinski definition) is 4. The minimum atomic E-state index is -5.08. The normalized spacial score (nSPS) is 14.8. The fourth-order valence-corrected chi connectivity index (χ4v) is 4.79. The number of aliphatic carboxylic acids is 1. The van der Waals surface area contributed by atoms with E-state index in [-0.39, 0.29) is 23.9 Å². The number of amidine groups is 1. The minimum absolute atomic E-state index is 0.0148. The summed E-state index contributed by atoms with van der Waals surface area (Å²) >= 11 is 0. The van der Waals surface area contributed by atoms with Crippen molar-refractivity contribution in [1.29, 1.82) is 5.41 Å². The van der Waals surface area contributed by atoms with Gasteiger partial charge in [-0.1, -0.05) is 38.1 Å². The van der Waals surface area contributed by atoms with Gasteiger partial charge in [0.2, 0.25) is 0 Å². The van der Waals surface area contributed by atoms with Crippen molar-refractivity contribution in [3.05, 3.63) is 76.9 Å². The zero-order chi connectivity index (χ0) is 33.0. The minimum Gasteiger partial charge on any atom is -0.475 e. The van der Waals surface area contributed by atoms with E-state index >= 15 is 0 Å². The molecular formula is C32H37F3N4O5. The third-order valence-electron chi connectivity index (χ3n) is 6.74. The maximum absolute atomic E-state index is 13.1. The van der Waals surface area contributed by atoms with Gasteiger partial charge in [0.1, 0.15) is 11.4 Å². The molecular weight excluding hydrogens is 577 g/mol. The largest absolute Gasteiger partial charge is 0.490 e. The number of fused-ring (bicyclic) bond motifs is 2. The number of amides is 2. The fourth-order valence-electron chi connectivity index (χ4n) is 4.79. The van der Waals surface area contributed by atoms with Crippen molar-refractivity contribution in [3.63, 3.8) is 0 Å². The van der Waals surface area contributed by atoms with Gasteiger partial charge in [-0.05, 0) is 91.8 Å². The molecule has 44 heavy (non-hydrogen) atoms. The number of carboxylic acids is 1. The Labute approximate surface area is 253 Å². The van der Waals surface area contributed by atoms with E-state index in [0.717, 1.165) is 34.0 Å². The van der Waals surface area contributed by atoms with Crippen molar-refractivity contribution in [3.8, 4) is 0 Å². The van der Waals surface area contributed by atoms with Crippen molar-refractivity contribution in [2.45, 2.75) is 65.3 Å². The number of nitrogens with one attached hydrogen (secondary N) is 2. The van der Waals surface area contributed by atoms with Crippen LogP contribution in [0.2, 0.25) is 0 Å². The lowest BCUT2D eigenvalue weighted by molar-refractivity contribution is -0.192. The highest BCUT2D eigenvalue weighted by Crippen LogP contribution is 2.37. The number of carboxylic acid groups (broad SMARTS) is 1. The molecule has 0 saturated carbocycles. The van der Waals surface area contributed by atoms with Crippen molar-refractivity contribution >= 4 is 40.3 Å². The molecule has 4 rings (SSSR count). The Hall–Kier alpha value is -4.61. The first-order chi connectivity index (χ1) is 20.4. The highest BCUT2D eigenvalue weighted by atomic mass is 19.4. The van der Waals surface area contributed by atoms with Gasteiger partial charge in [0, 0.05) is 23.4 Å². The molecule has 1 aliphatic heterocycles. The SMILES string of the molecule is CC(C)CC1c2ccc(NC(=O)c3ccc4cc(C(=N)N)ccc4c3)cc2CCN1C(=O)OC(C)(C)C.O=C(O)C(F)(F)F. The van der Waals surface area contributed by atoms with Gasteiger partial charge in [-0.2, -0.15) is 13.2 Å². The molecule has 0 aromatic heterocycles. The lowest BCUT2D eigenvalue weighted by atomic mass is 9.87. The monoisotopic (exact) mass is 614 g/mol. The van der Waals surface area contributed by atoms with Crippen molar-refractivity contribution in [1.82, 2.24) is 4.90 Å². The first kappa shape index (κ1) is 33.9. The number of nitrogens with zero attached hydrogens (tertiary/aromatic N) is 1. The molecule has 0 radical (unpaired) electrons. The number of halogens is 3. The zero-order valence-corrected chi connectivity index (χ0v) is 25.2. The van der Waals surface area contributed by atoms with E-state index in [1.807, 2.05) is 68.1 Å². The number of carbonyl (C=O) groups is 3. The Morgan fingerprint density at radius 3 is 2.11 bits per heavy atom. The second-order valence-corrected chi connectivity index (χ2v) is 11.9. The predicted octanol–water partition coefficient (Wildman–Crippen LogP) is 6.89. The van der Waals surface area contributed by atoms with Gasteiger partial charge in [-0.15, -0.1) is 0 Å². The summed E-state index contributed by atoms with van der Waals surface area (Å²) in [5.74, 6) is -2.53. The molecule has 3 aromatic carbocycles. The zero-order valence-electron chi connectivity index (χ0n) is 25.2. The molecule has 3 aromatic rings. The summed E-state index contributed by atoms with van der Waals surface area (Å²) in [6.07, 6.45) is -3.84. The highest BCUT2D eigenvalue weighted by molar-refractivity contribution is 6.07. The Morgan fingerprint density at radius 2 is 1.59 bits per heavy atom. The van der Waals surface area contributed by atoms with Crippen LogP contribution in [-0.2, 0) is 16.0 Å². The molecule has 1 atom stereocenters. The average molecular weight is 615 g/mol. The summed E-state index contributed by atoms with van der Waals surface area (Å²) in [6.45, 7) is 10.5. The lowest BCUT2D eigenvalue weighted by Crippen LogP contribution is -2.43. The Bertz CT molecular complexity index is 1560. The highest BCUT2D eigenvalue weighted by Gasteiger charge is 2.38. The molecule has 0 aliphatic carbocycles. The maximum Gasteiger partial charge on any atom is 0.490 e. The van der Waals surface area contributed by atoms with E-state index in [0.29, 0.717) is 30.0 Å². The summed E-state index contributed by atoms with van der Waals surface area (Å²) in [4.78, 5) is 36.8. The summed E-state index contributed by atoms with van der Waals surface area (Å²) in [7, 11) is 0. The number of alkyl halides is 3. The molecule has 0 bridgehead atoms. The van der Waals surface area contributed by atoms with Crippen molar-refractivity contribution in [2.24, 2.45) is 11.7 Å². The van der Waals surface area contributed by atoms with Crippen LogP contribution in [-0.4, -0.2) is 52.1 Å². The second kappa shape index (κ2) is 13.4. The van der Waals surface area contributed by atoms with Gasteiger partial charge in [0.25, 0.3) is 5.91 Å². The van der Waals surface area contributed by atoms with Gasteiger partial charge >= 0.3 is 18.2 Å². The van der Waals surface area contributed by atoms with E-state index in [1.54, 1.807) is 12.1 Å².